The molecule has 2 unspecified atom stereocenters. The summed E-state index contributed by atoms with van der Waals surface area (Å²) in [5.41, 5.74) is 9.22. The van der Waals surface area contributed by atoms with E-state index < -0.39 is 386 Å². The lowest BCUT2D eigenvalue weighted by atomic mass is 9.89. The van der Waals surface area contributed by atoms with Gasteiger partial charge in [-0.25, -0.2) is 4.79 Å². The van der Waals surface area contributed by atoms with E-state index in [-0.39, 0.29) is 39.5 Å². The number of rotatable bonds is 16. The maximum atomic E-state index is 17.3. The number of nitrogens with two attached hydrogens (primary N) is 2. The van der Waals surface area contributed by atoms with Crippen LogP contribution >= 0.6 is 0 Å². The summed E-state index contributed by atoms with van der Waals surface area (Å²) < 4.78 is 99.8. The van der Waals surface area contributed by atoms with E-state index >= 15 is 24.0 Å². The maximum Gasteiger partial charge on any atom is 0.333 e. The Kier molecular flexibility index (Phi) is 31.5. The second kappa shape index (κ2) is 43.6. The zero-order valence-electron chi connectivity index (χ0n) is 77.9. The summed E-state index contributed by atoms with van der Waals surface area (Å²) in [4.78, 5) is 113. The van der Waals surface area contributed by atoms with Crippen molar-refractivity contribution < 1.29 is 217 Å². The van der Waals surface area contributed by atoms with E-state index in [1.165, 1.54) is 51.1 Å². The average Bonchev–Trinajstić information content (AvgIpc) is 0.742. The van der Waals surface area contributed by atoms with Crippen LogP contribution in [0.1, 0.15) is 107 Å². The molecule has 0 saturated carbocycles. The molecule has 12 aliphatic rings. The number of esters is 1. The average molecular weight is 2070 g/mol. The Morgan fingerprint density at radius 3 is 1.59 bits per heavy atom. The van der Waals surface area contributed by atoms with Crippen LogP contribution in [0.2, 0.25) is 0 Å². The second-order valence-electron chi connectivity index (χ2n) is 36.9. The first kappa shape index (κ1) is 106. The van der Waals surface area contributed by atoms with Gasteiger partial charge in [0.05, 0.1) is 51.8 Å². The van der Waals surface area contributed by atoms with Crippen LogP contribution in [0.25, 0.3) is 11.1 Å². The standard InChI is InChI=1S/C95H110N8O44/c1-30-47(109)18-37-20-49(30)139-50-19-35(9-16-46(50)108)59(97)84(125)102-64-68(113)33-5-11-40(12-6-33)137-52-21-38-22-53(81(52)145-95-83(76(121)72(117)56(143-95)29-134-91-78(123)73(118)67(112)32(3)136-91)147-94-82(75(120)71(116)55(27-105)142-94)146-92-77(122)69(114)48(110)28-133-92)138-41-13-7-34(8-14-41)80(144-57-25-44(96)66(111)31(2)135-57)65-89(130)101-63(90(131)132-4)43-23-39(106)24-51(140-93-79(124)74(119)70(115)54(26-104)141-93)58(43)42-17-36(10-15-45(42)107)60(85(126)103-65)98-87(128)62(38)99-86(127)61(37)100-88(64)129/h5-24,31-32,44,48,54-57,59-80,82-83,91-95,104-124H,25-29,96-97H2,1-4H3,(H,98,128)(H,99,127)(H,100,129)(H,101,130)(H,102,125)(H,103,126)/t31-,32-,44+,48+,54+,55+,56+,57-,59+,60?,61-,62+,63?,64+,65-,66-,67-,68+,69-,70+,71+,72+,73+,74+,75-,76-,77-,78+,79-,80+,82-,83+,91+,92-,93+,94+,95-/m0/s1. The van der Waals surface area contributed by atoms with Crippen molar-refractivity contribution in [3.8, 4) is 80.1 Å². The zero-order valence-corrected chi connectivity index (χ0v) is 77.9. The molecule has 12 aliphatic heterocycles. The van der Waals surface area contributed by atoms with E-state index in [0.29, 0.717) is 0 Å². The molecule has 31 N–H and O–H groups in total. The quantitative estimate of drug-likeness (QED) is 0.0400. The molecule has 0 radical (unpaired) electrons. The number of phenols is 4. The van der Waals surface area contributed by atoms with Crippen LogP contribution in [0, 0.1) is 6.92 Å². The normalized spacial score (nSPS) is 36.2. The molecule has 7 aromatic carbocycles. The van der Waals surface area contributed by atoms with Crippen molar-refractivity contribution in [1.82, 2.24) is 31.9 Å². The van der Waals surface area contributed by atoms with Crippen LogP contribution in [0.3, 0.4) is 0 Å². The van der Waals surface area contributed by atoms with Crippen molar-refractivity contribution in [3.05, 3.63) is 166 Å². The number of aliphatic hydroxyl groups is 17. The van der Waals surface area contributed by atoms with Crippen LogP contribution in [-0.4, -0.2) is 366 Å². The molecule has 52 nitrogen and oxygen atoms in total. The topological polar surface area (TPSA) is 816 Å². The first-order valence-electron chi connectivity index (χ1n) is 46.4. The summed E-state index contributed by atoms with van der Waals surface area (Å²) in [7, 11) is 0.873. The van der Waals surface area contributed by atoms with E-state index in [9.17, 15) is 117 Å². The first-order valence-corrected chi connectivity index (χ1v) is 46.4. The molecule has 17 bridgehead atoms. The lowest BCUT2D eigenvalue weighted by Gasteiger charge is -2.48. The maximum absolute atomic E-state index is 17.3. The van der Waals surface area contributed by atoms with Crippen LogP contribution in [0.5, 0.6) is 69.0 Å². The Morgan fingerprint density at radius 2 is 0.946 bits per heavy atom. The Balaban J connectivity index is 0.908. The molecule has 147 heavy (non-hydrogen) atoms. The molecule has 0 spiro atoms. The van der Waals surface area contributed by atoms with Gasteiger partial charge in [0.1, 0.15) is 192 Å². The van der Waals surface area contributed by atoms with Gasteiger partial charge >= 0.3 is 5.97 Å². The van der Waals surface area contributed by atoms with E-state index in [1.54, 1.807) is 0 Å². The molecule has 0 aromatic heterocycles. The molecule has 794 valence electrons. The molecular weight excluding hydrogens is 1960 g/mol. The number of carbonyl (C=O) groups is 7. The van der Waals surface area contributed by atoms with Crippen molar-refractivity contribution in [2.45, 2.75) is 254 Å². The van der Waals surface area contributed by atoms with Crippen molar-refractivity contribution in [2.24, 2.45) is 11.5 Å². The molecular formula is C95H110N8O44. The smallest absolute Gasteiger partial charge is 0.333 e. The van der Waals surface area contributed by atoms with Gasteiger partial charge in [-0.05, 0) is 133 Å². The summed E-state index contributed by atoms with van der Waals surface area (Å²) in [5.74, 6) is -17.8. The molecule has 6 amide bonds. The molecule has 6 fully saturated rings. The summed E-state index contributed by atoms with van der Waals surface area (Å²) in [6, 6.07) is 4.22. The van der Waals surface area contributed by atoms with E-state index in [2.05, 4.69) is 31.9 Å². The molecule has 7 aromatic rings. The van der Waals surface area contributed by atoms with Crippen LogP contribution in [0.15, 0.2) is 121 Å². The zero-order chi connectivity index (χ0) is 105. The van der Waals surface area contributed by atoms with Gasteiger partial charge in [0.15, 0.2) is 60.3 Å². The summed E-state index contributed by atoms with van der Waals surface area (Å²) >= 11 is 0. The Labute approximate surface area is 831 Å². The Morgan fingerprint density at radius 1 is 0.429 bits per heavy atom. The molecule has 37 atom stereocenters. The first-order chi connectivity index (χ1) is 70.0. The van der Waals surface area contributed by atoms with Gasteiger partial charge in [0.2, 0.25) is 53.8 Å². The van der Waals surface area contributed by atoms with Crippen molar-refractivity contribution in [2.75, 3.05) is 33.5 Å². The van der Waals surface area contributed by atoms with Crippen molar-refractivity contribution in [3.63, 3.8) is 0 Å². The number of methoxy groups -OCH3 is 1. The van der Waals surface area contributed by atoms with Crippen molar-refractivity contribution >= 4 is 41.4 Å². The van der Waals surface area contributed by atoms with Crippen LogP contribution in [-0.2, 0) is 85.7 Å². The number of ether oxygens (including phenoxy) is 16. The highest BCUT2D eigenvalue weighted by Gasteiger charge is 2.57. The van der Waals surface area contributed by atoms with Gasteiger partial charge in [-0.1, -0.05) is 36.4 Å². The third kappa shape index (κ3) is 21.4. The minimum absolute atomic E-state index is 0.0673. The second-order valence-corrected chi connectivity index (χ2v) is 36.9. The number of benzene rings is 7. The van der Waals surface area contributed by atoms with Crippen molar-refractivity contribution in [1.29, 1.82) is 0 Å². The van der Waals surface area contributed by atoms with Gasteiger partial charge in [0.25, 0.3) is 0 Å². The number of carbonyl (C=O) groups excluding carboxylic acids is 7. The fraction of sp³-hybridized carbons (Fsp3) is 0.484. The summed E-state index contributed by atoms with van der Waals surface area (Å²) in [5, 5.41) is 257. The lowest BCUT2D eigenvalue weighted by Crippen LogP contribution is -2.67. The molecule has 19 rings (SSSR count). The van der Waals surface area contributed by atoms with E-state index in [4.69, 9.17) is 87.3 Å². The predicted molar refractivity (Wildman–Crippen MR) is 483 cm³/mol. The molecule has 12 heterocycles. The third-order valence-electron chi connectivity index (χ3n) is 27.1. The fourth-order valence-electron chi connectivity index (χ4n) is 18.6. The van der Waals surface area contributed by atoms with Gasteiger partial charge < -0.3 is 226 Å². The predicted octanol–water partition coefficient (Wildman–Crippen LogP) is -6.50. The minimum Gasteiger partial charge on any atom is -0.508 e. The lowest BCUT2D eigenvalue weighted by molar-refractivity contribution is -0.385. The highest BCUT2D eigenvalue weighted by molar-refractivity contribution is 6.00. The number of nitrogens with one attached hydrogen (secondary N) is 6. The van der Waals surface area contributed by atoms with Gasteiger partial charge in [-0.15, -0.1) is 0 Å². The molecule has 52 heteroatoms. The van der Waals surface area contributed by atoms with Crippen LogP contribution in [0.4, 0.5) is 0 Å². The van der Waals surface area contributed by atoms with Gasteiger partial charge in [0, 0.05) is 40.8 Å². The fourth-order valence-corrected chi connectivity index (χ4v) is 18.6. The largest absolute Gasteiger partial charge is 0.508 e. The highest BCUT2D eigenvalue weighted by atomic mass is 16.8. The van der Waals surface area contributed by atoms with Gasteiger partial charge in [-0.2, -0.15) is 0 Å². The third-order valence-corrected chi connectivity index (χ3v) is 27.1. The number of aliphatic hydroxyl groups excluding tert-OH is 17. The number of amides is 6. The SMILES string of the molecule is COC(=O)C1NC(=O)[C@H]2NC(=O)C(NC(=O)[C@@H]3NC(=O)[C@H]4NC(=O)[C@H](NC(=O)[C@H](N)c5ccc(O)c(c5)Oc5cc4cc(O)c5C)[C@H](O)c4ccc(cc4)Oc4cc3cc(c4O[C@@H]3O[C@H](CO[C@@H]4O[C@@H](C)[C@H](O)[C@@H](O)[C@H]4O)[C@@H](O)[C@H](O)[C@H]3O[C@H]3O[C@H](CO)[C@@H](O)[C@H](O)[C@@H]3O[C@@H]3OC[C@@H](O)[C@H](O)[C@@H]3O)Oc3ccc(cc3)[C@H]2O[C@H]2C[C@@H](N)[C@@H](O)[C@H](C)O2)c2ccc(O)c(c2)-c2c(O[C@@H]3O[C@H](CO)[C@@H](O)[C@@H](O)[C@@H]3O)cc(O)cc21. The number of hydrogen-bond acceptors (Lipinski definition) is 46. The molecule has 0 aliphatic carbocycles. The number of fused-ring (bicyclic) bond motifs is 14. The monoisotopic (exact) mass is 2070 g/mol. The van der Waals surface area contributed by atoms with Gasteiger partial charge in [-0.3, -0.25) is 28.8 Å². The Hall–Kier alpha value is -12.1. The van der Waals surface area contributed by atoms with E-state index in [0.717, 1.165) is 98.1 Å². The number of aromatic hydroxyl groups is 4. The summed E-state index contributed by atoms with van der Waals surface area (Å²) in [6.07, 6.45) is -58.6. The summed E-state index contributed by atoms with van der Waals surface area (Å²) in [6.45, 7) is 0.141. The Bertz CT molecular complexity index is 6010. The number of phenolic OH excluding ortho intramolecular Hbond substituents is 4. The van der Waals surface area contributed by atoms with E-state index in [1.807, 2.05) is 0 Å². The number of hydrogen-bond donors (Lipinski definition) is 29. The minimum atomic E-state index is -2.60. The van der Waals surface area contributed by atoms with Crippen LogP contribution < -0.4 is 67.1 Å². The molecule has 6 saturated heterocycles. The highest BCUT2D eigenvalue weighted by Crippen LogP contribution is 2.51.